The van der Waals surface area contributed by atoms with Gasteiger partial charge >= 0.3 is 12.2 Å². The van der Waals surface area contributed by atoms with E-state index in [0.717, 1.165) is 29.5 Å². The van der Waals surface area contributed by atoms with Gasteiger partial charge in [-0.3, -0.25) is 19.6 Å². The van der Waals surface area contributed by atoms with Crippen LogP contribution in [0.4, 0.5) is 29.3 Å². The second-order valence-electron chi connectivity index (χ2n) is 6.75. The molecule has 1 atom stereocenters. The van der Waals surface area contributed by atoms with Gasteiger partial charge in [0.15, 0.2) is 0 Å². The molecule has 0 N–H and O–H groups in total. The van der Waals surface area contributed by atoms with Gasteiger partial charge < -0.3 is 4.57 Å². The molecular weight excluding hydrogens is 399 g/mol. The molecule has 10 heteroatoms. The molecule has 1 saturated heterocycles. The van der Waals surface area contributed by atoms with E-state index in [0.29, 0.717) is 15.6 Å². The van der Waals surface area contributed by atoms with Crippen LogP contribution in [0.25, 0.3) is 10.8 Å². The third kappa shape index (κ3) is 2.95. The molecule has 30 heavy (non-hydrogen) atoms. The standard InChI is InChI=1S/C20H14F3N5O2/c1-26-17(20(21,22)23)7-6-15(18(26)29)27-11-13(8-24)28(19(27)30)16-10-25-9-12-4-2-3-5-14(12)16/h2-7,9-10,13H,11H2,1H3. The van der Waals surface area contributed by atoms with Gasteiger partial charge in [0.25, 0.3) is 5.56 Å². The molecule has 1 aliphatic rings. The summed E-state index contributed by atoms with van der Waals surface area (Å²) in [6, 6.07) is 9.25. The Labute approximate surface area is 168 Å². The van der Waals surface area contributed by atoms with Crippen molar-refractivity contribution in [1.29, 1.82) is 5.26 Å². The summed E-state index contributed by atoms with van der Waals surface area (Å²) < 4.78 is 39.6. The Morgan fingerprint density at radius 2 is 1.83 bits per heavy atom. The fourth-order valence-corrected chi connectivity index (χ4v) is 3.57. The van der Waals surface area contributed by atoms with Gasteiger partial charge in [0.05, 0.1) is 24.5 Å². The van der Waals surface area contributed by atoms with Crippen molar-refractivity contribution in [3.63, 3.8) is 0 Å². The van der Waals surface area contributed by atoms with Gasteiger partial charge in [-0.05, 0) is 12.1 Å². The van der Waals surface area contributed by atoms with Crippen LogP contribution in [0.2, 0.25) is 0 Å². The van der Waals surface area contributed by atoms with Crippen LogP contribution < -0.4 is 15.4 Å². The molecule has 1 aliphatic heterocycles. The number of rotatable bonds is 2. The van der Waals surface area contributed by atoms with Crippen molar-refractivity contribution in [3.8, 4) is 6.07 Å². The Morgan fingerprint density at radius 3 is 2.53 bits per heavy atom. The number of carbonyl (C=O) groups excluding carboxylic acids is 1. The number of aromatic nitrogens is 2. The maximum Gasteiger partial charge on any atom is 0.431 e. The molecular formula is C20H14F3N5O2. The van der Waals surface area contributed by atoms with Crippen LogP contribution in [0.15, 0.2) is 53.6 Å². The molecule has 152 valence electrons. The summed E-state index contributed by atoms with van der Waals surface area (Å²) in [6.45, 7) is -0.168. The first-order valence-corrected chi connectivity index (χ1v) is 8.84. The van der Waals surface area contributed by atoms with Crippen LogP contribution in [0.5, 0.6) is 0 Å². The van der Waals surface area contributed by atoms with Gasteiger partial charge in [-0.15, -0.1) is 0 Å². The van der Waals surface area contributed by atoms with Crippen molar-refractivity contribution in [1.82, 2.24) is 9.55 Å². The van der Waals surface area contributed by atoms with Crippen molar-refractivity contribution in [3.05, 3.63) is 64.8 Å². The number of pyridine rings is 2. The molecule has 0 bridgehead atoms. The van der Waals surface area contributed by atoms with Crippen molar-refractivity contribution in [2.45, 2.75) is 12.2 Å². The van der Waals surface area contributed by atoms with E-state index >= 15 is 0 Å². The zero-order valence-electron chi connectivity index (χ0n) is 15.6. The molecule has 4 rings (SSSR count). The highest BCUT2D eigenvalue weighted by molar-refractivity contribution is 6.11. The van der Waals surface area contributed by atoms with Crippen LogP contribution in [0, 0.1) is 11.3 Å². The Bertz CT molecular complexity index is 1260. The van der Waals surface area contributed by atoms with Gasteiger partial charge in [0, 0.05) is 24.0 Å². The zero-order valence-corrected chi connectivity index (χ0v) is 15.6. The number of alkyl halides is 3. The molecule has 0 aliphatic carbocycles. The van der Waals surface area contributed by atoms with Crippen LogP contribution >= 0.6 is 0 Å². The SMILES string of the molecule is Cn1c(C(F)(F)F)ccc(N2CC(C#N)N(c3cncc4ccccc34)C2=O)c1=O. The van der Waals surface area contributed by atoms with Gasteiger partial charge in [-0.1, -0.05) is 24.3 Å². The molecule has 2 aromatic heterocycles. The minimum atomic E-state index is -4.71. The quantitative estimate of drug-likeness (QED) is 0.646. The summed E-state index contributed by atoms with van der Waals surface area (Å²) in [6.07, 6.45) is -1.65. The fourth-order valence-electron chi connectivity index (χ4n) is 3.57. The molecule has 1 fully saturated rings. The fraction of sp³-hybridized carbons (Fsp3) is 0.200. The molecule has 0 saturated carbocycles. The van der Waals surface area contributed by atoms with E-state index in [2.05, 4.69) is 4.98 Å². The highest BCUT2D eigenvalue weighted by Gasteiger charge is 2.42. The lowest BCUT2D eigenvalue weighted by molar-refractivity contribution is -0.143. The summed E-state index contributed by atoms with van der Waals surface area (Å²) in [4.78, 5) is 32.1. The van der Waals surface area contributed by atoms with Crippen LogP contribution in [0.1, 0.15) is 5.69 Å². The molecule has 0 radical (unpaired) electrons. The number of carbonyl (C=O) groups is 1. The zero-order chi connectivity index (χ0) is 21.6. The number of hydrogen-bond donors (Lipinski definition) is 0. The summed E-state index contributed by atoms with van der Waals surface area (Å²) in [5.41, 5.74) is -1.95. The number of fused-ring (bicyclic) bond motifs is 1. The number of anilines is 2. The Kier molecular flexibility index (Phi) is 4.46. The van der Waals surface area contributed by atoms with Crippen molar-refractivity contribution < 1.29 is 18.0 Å². The first-order valence-electron chi connectivity index (χ1n) is 8.84. The molecule has 3 aromatic rings. The summed E-state index contributed by atoms with van der Waals surface area (Å²) >= 11 is 0. The molecule has 3 heterocycles. The topological polar surface area (TPSA) is 82.2 Å². The van der Waals surface area contributed by atoms with Crippen molar-refractivity contribution in [2.75, 3.05) is 16.3 Å². The molecule has 1 aromatic carbocycles. The molecule has 1 unspecified atom stereocenters. The predicted octanol–water partition coefficient (Wildman–Crippen LogP) is 3.29. The minimum Gasteiger partial charge on any atom is -0.306 e. The number of nitriles is 1. The largest absolute Gasteiger partial charge is 0.431 e. The van der Waals surface area contributed by atoms with E-state index in [1.165, 1.54) is 11.1 Å². The number of benzene rings is 1. The molecule has 0 spiro atoms. The van der Waals surface area contributed by atoms with Gasteiger partial charge in [0.1, 0.15) is 17.4 Å². The van der Waals surface area contributed by atoms with Gasteiger partial charge in [-0.25, -0.2) is 4.79 Å². The van der Waals surface area contributed by atoms with Crippen LogP contribution in [-0.4, -0.2) is 28.2 Å². The number of nitrogens with zero attached hydrogens (tertiary/aromatic N) is 5. The maximum atomic E-state index is 13.2. The first-order chi connectivity index (χ1) is 14.2. The monoisotopic (exact) mass is 413 g/mol. The average molecular weight is 413 g/mol. The van der Waals surface area contributed by atoms with Crippen LogP contribution in [0.3, 0.4) is 0 Å². The summed E-state index contributed by atoms with van der Waals surface area (Å²) in [5, 5.41) is 11.0. The van der Waals surface area contributed by atoms with E-state index in [1.54, 1.807) is 30.5 Å². The first kappa shape index (κ1) is 19.4. The van der Waals surface area contributed by atoms with Crippen molar-refractivity contribution in [2.24, 2.45) is 7.05 Å². The maximum absolute atomic E-state index is 13.2. The summed E-state index contributed by atoms with van der Waals surface area (Å²) in [7, 11) is 0.989. The minimum absolute atomic E-state index is 0.168. The highest BCUT2D eigenvalue weighted by Crippen LogP contribution is 2.33. The van der Waals surface area contributed by atoms with Gasteiger partial charge in [0.2, 0.25) is 0 Å². The second kappa shape index (κ2) is 6.88. The third-order valence-electron chi connectivity index (χ3n) is 5.03. The second-order valence-corrected chi connectivity index (χ2v) is 6.75. The normalized spacial score (nSPS) is 16.9. The van der Waals surface area contributed by atoms with E-state index in [4.69, 9.17) is 0 Å². The molecule has 7 nitrogen and oxygen atoms in total. The van der Waals surface area contributed by atoms with E-state index < -0.39 is 29.5 Å². The lowest BCUT2D eigenvalue weighted by Gasteiger charge is -2.21. The summed E-state index contributed by atoms with van der Waals surface area (Å²) in [5.74, 6) is 0. The van der Waals surface area contributed by atoms with E-state index in [1.807, 2.05) is 6.07 Å². The van der Waals surface area contributed by atoms with Crippen LogP contribution in [-0.2, 0) is 13.2 Å². The lowest BCUT2D eigenvalue weighted by atomic mass is 10.1. The Morgan fingerprint density at radius 1 is 1.10 bits per heavy atom. The number of halogens is 3. The predicted molar refractivity (Wildman–Crippen MR) is 103 cm³/mol. The average Bonchev–Trinajstić information content (AvgIpc) is 3.04. The highest BCUT2D eigenvalue weighted by atomic mass is 19.4. The smallest absolute Gasteiger partial charge is 0.306 e. The third-order valence-corrected chi connectivity index (χ3v) is 5.03. The lowest BCUT2D eigenvalue weighted by Crippen LogP contribution is -2.37. The molecule has 2 amide bonds. The Balaban J connectivity index is 1.81. The van der Waals surface area contributed by atoms with E-state index in [-0.39, 0.29) is 12.2 Å². The Hall–Kier alpha value is -3.87. The van der Waals surface area contributed by atoms with Crippen molar-refractivity contribution >= 4 is 28.2 Å². The number of amides is 2. The number of hydrogen-bond acceptors (Lipinski definition) is 4. The van der Waals surface area contributed by atoms with E-state index in [9.17, 15) is 28.0 Å². The van der Waals surface area contributed by atoms with Gasteiger partial charge in [-0.2, -0.15) is 18.4 Å². The number of urea groups is 1.